The van der Waals surface area contributed by atoms with Gasteiger partial charge in [0.05, 0.1) is 0 Å². The van der Waals surface area contributed by atoms with Gasteiger partial charge in [0.25, 0.3) is 0 Å². The molecule has 0 atom stereocenters. The van der Waals surface area contributed by atoms with Crippen molar-refractivity contribution in [2.24, 2.45) is 5.73 Å². The van der Waals surface area contributed by atoms with Crippen molar-refractivity contribution >= 4 is 34.5 Å². The fourth-order valence-corrected chi connectivity index (χ4v) is 1.90. The molecule has 3 N–H and O–H groups in total. The zero-order valence-corrected chi connectivity index (χ0v) is 11.2. The van der Waals surface area contributed by atoms with Crippen LogP contribution in [0.1, 0.15) is 32.3 Å². The monoisotopic (exact) mass is 256 g/mol. The number of hydrogen-bond donors (Lipinski definition) is 2. The van der Waals surface area contributed by atoms with Gasteiger partial charge in [0.15, 0.2) is 0 Å². The summed E-state index contributed by atoms with van der Waals surface area (Å²) in [6.45, 7) is 4.30. The van der Waals surface area contributed by atoms with Crippen LogP contribution in [0.25, 0.3) is 0 Å². The highest BCUT2D eigenvalue weighted by atomic mass is 35.5. The molecule has 1 aromatic carbocycles. The second-order valence-electron chi connectivity index (χ2n) is 3.71. The molecule has 0 saturated heterocycles. The number of nitrogens with two attached hydrogens (primary N) is 1. The number of thiocarbonyl (C=S) groups is 1. The number of anilines is 1. The molecule has 0 aliphatic rings. The molecule has 0 aliphatic heterocycles. The van der Waals surface area contributed by atoms with E-state index in [4.69, 9.17) is 29.6 Å². The van der Waals surface area contributed by atoms with Crippen LogP contribution in [0.15, 0.2) is 18.2 Å². The van der Waals surface area contributed by atoms with Crippen molar-refractivity contribution in [1.29, 1.82) is 0 Å². The maximum Gasteiger partial charge on any atom is 0.106 e. The number of rotatable bonds is 5. The fraction of sp³-hybridized carbons (Fsp3) is 0.417. The van der Waals surface area contributed by atoms with E-state index in [2.05, 4.69) is 19.2 Å². The molecule has 4 heteroatoms. The van der Waals surface area contributed by atoms with Crippen molar-refractivity contribution in [3.8, 4) is 0 Å². The second kappa shape index (κ2) is 6.06. The van der Waals surface area contributed by atoms with Gasteiger partial charge in [-0.2, -0.15) is 0 Å². The number of hydrogen-bond acceptors (Lipinski definition) is 2. The first-order valence-corrected chi connectivity index (χ1v) is 6.23. The third-order valence-corrected chi connectivity index (χ3v) is 3.05. The van der Waals surface area contributed by atoms with E-state index in [0.717, 1.165) is 24.1 Å². The third kappa shape index (κ3) is 3.35. The first-order chi connectivity index (χ1) is 7.58. The van der Waals surface area contributed by atoms with Crippen LogP contribution in [0.3, 0.4) is 0 Å². The molecule has 0 amide bonds. The molecular formula is C12H17ClN2S. The van der Waals surface area contributed by atoms with Gasteiger partial charge in [-0.3, -0.25) is 0 Å². The Balaban J connectivity index is 2.98. The van der Waals surface area contributed by atoms with E-state index in [9.17, 15) is 0 Å². The Morgan fingerprint density at radius 3 is 2.56 bits per heavy atom. The molecule has 0 aliphatic carbocycles. The Labute approximate surface area is 107 Å². The summed E-state index contributed by atoms with van der Waals surface area (Å²) in [5.41, 5.74) is 7.45. The average Bonchev–Trinajstić information content (AvgIpc) is 2.27. The molecule has 0 spiro atoms. The Morgan fingerprint density at radius 2 is 2.06 bits per heavy atom. The van der Waals surface area contributed by atoms with Crippen LogP contribution in [0.5, 0.6) is 0 Å². The molecular weight excluding hydrogens is 240 g/mol. The normalized spacial score (nSPS) is 10.5. The van der Waals surface area contributed by atoms with Gasteiger partial charge in [-0.15, -0.1) is 0 Å². The summed E-state index contributed by atoms with van der Waals surface area (Å²) >= 11 is 10.9. The van der Waals surface area contributed by atoms with Crippen LogP contribution < -0.4 is 11.1 Å². The summed E-state index contributed by atoms with van der Waals surface area (Å²) in [4.78, 5) is 0.371. The summed E-state index contributed by atoms with van der Waals surface area (Å²) in [6, 6.07) is 6.01. The second-order valence-corrected chi connectivity index (χ2v) is 4.59. The van der Waals surface area contributed by atoms with Crippen molar-refractivity contribution in [2.75, 3.05) is 5.32 Å². The summed E-state index contributed by atoms with van der Waals surface area (Å²) in [6.07, 6.45) is 2.13. The highest BCUT2D eigenvalue weighted by Gasteiger charge is 2.09. The van der Waals surface area contributed by atoms with E-state index in [1.807, 2.05) is 12.1 Å². The van der Waals surface area contributed by atoms with E-state index in [1.165, 1.54) is 0 Å². The minimum absolute atomic E-state index is 0.371. The molecule has 0 saturated carbocycles. The van der Waals surface area contributed by atoms with Crippen molar-refractivity contribution in [3.05, 3.63) is 28.8 Å². The van der Waals surface area contributed by atoms with E-state index >= 15 is 0 Å². The van der Waals surface area contributed by atoms with Gasteiger partial charge in [0, 0.05) is 22.3 Å². The van der Waals surface area contributed by atoms with Crippen molar-refractivity contribution in [1.82, 2.24) is 0 Å². The van der Waals surface area contributed by atoms with E-state index in [-0.39, 0.29) is 0 Å². The standard InChI is InChI=1S/C12H17ClN2S/c1-3-9(4-2)15-11-6-5-8(13)7-10(11)12(14)16/h5-7,9,15H,3-4H2,1-2H3,(H2,14,16). The van der Waals surface area contributed by atoms with E-state index in [0.29, 0.717) is 16.1 Å². The lowest BCUT2D eigenvalue weighted by Crippen LogP contribution is -2.20. The molecule has 16 heavy (non-hydrogen) atoms. The van der Waals surface area contributed by atoms with E-state index < -0.39 is 0 Å². The van der Waals surface area contributed by atoms with Crippen LogP contribution in [0.2, 0.25) is 5.02 Å². The third-order valence-electron chi connectivity index (χ3n) is 2.59. The van der Waals surface area contributed by atoms with Gasteiger partial charge < -0.3 is 11.1 Å². The fourth-order valence-electron chi connectivity index (χ4n) is 1.56. The lowest BCUT2D eigenvalue weighted by molar-refractivity contribution is 0.671. The zero-order valence-electron chi connectivity index (χ0n) is 9.59. The highest BCUT2D eigenvalue weighted by molar-refractivity contribution is 7.80. The molecule has 0 aromatic heterocycles. The predicted molar refractivity (Wildman–Crippen MR) is 75.3 cm³/mol. The summed E-state index contributed by atoms with van der Waals surface area (Å²) < 4.78 is 0. The molecule has 1 aromatic rings. The van der Waals surface area contributed by atoms with Gasteiger partial charge in [-0.25, -0.2) is 0 Å². The van der Waals surface area contributed by atoms with Gasteiger partial charge in [0.2, 0.25) is 0 Å². The average molecular weight is 257 g/mol. The molecule has 0 bridgehead atoms. The van der Waals surface area contributed by atoms with E-state index in [1.54, 1.807) is 6.07 Å². The van der Waals surface area contributed by atoms with Crippen molar-refractivity contribution in [2.45, 2.75) is 32.7 Å². The SMILES string of the molecule is CCC(CC)Nc1ccc(Cl)cc1C(N)=S. The predicted octanol–water partition coefficient (Wildman–Crippen LogP) is 3.57. The largest absolute Gasteiger partial charge is 0.389 e. The van der Waals surface area contributed by atoms with Crippen LogP contribution in [-0.2, 0) is 0 Å². The Bertz CT molecular complexity index is 375. The molecule has 88 valence electrons. The van der Waals surface area contributed by atoms with Crippen LogP contribution >= 0.6 is 23.8 Å². The zero-order chi connectivity index (χ0) is 12.1. The first-order valence-electron chi connectivity index (χ1n) is 5.44. The van der Waals surface area contributed by atoms with Crippen molar-refractivity contribution in [3.63, 3.8) is 0 Å². The van der Waals surface area contributed by atoms with Gasteiger partial charge in [-0.1, -0.05) is 37.7 Å². The summed E-state index contributed by atoms with van der Waals surface area (Å²) in [5.74, 6) is 0. The maximum absolute atomic E-state index is 5.92. The molecule has 0 radical (unpaired) electrons. The number of nitrogens with one attached hydrogen (secondary N) is 1. The molecule has 0 unspecified atom stereocenters. The summed E-state index contributed by atoms with van der Waals surface area (Å²) in [5, 5.41) is 4.08. The summed E-state index contributed by atoms with van der Waals surface area (Å²) in [7, 11) is 0. The minimum atomic E-state index is 0.371. The van der Waals surface area contributed by atoms with Gasteiger partial charge >= 0.3 is 0 Å². The molecule has 0 fully saturated rings. The van der Waals surface area contributed by atoms with Gasteiger partial charge in [0.1, 0.15) is 4.99 Å². The minimum Gasteiger partial charge on any atom is -0.389 e. The lowest BCUT2D eigenvalue weighted by atomic mass is 10.1. The topological polar surface area (TPSA) is 38.0 Å². The number of halogens is 1. The molecule has 2 nitrogen and oxygen atoms in total. The van der Waals surface area contributed by atoms with Crippen molar-refractivity contribution < 1.29 is 0 Å². The maximum atomic E-state index is 5.92. The molecule has 1 rings (SSSR count). The van der Waals surface area contributed by atoms with Crippen LogP contribution in [0.4, 0.5) is 5.69 Å². The highest BCUT2D eigenvalue weighted by Crippen LogP contribution is 2.22. The Kier molecular flexibility index (Phi) is 5.03. The number of benzene rings is 1. The van der Waals surface area contributed by atoms with Gasteiger partial charge in [-0.05, 0) is 31.0 Å². The lowest BCUT2D eigenvalue weighted by Gasteiger charge is -2.18. The Hall–Kier alpha value is -0.800. The molecule has 0 heterocycles. The Morgan fingerprint density at radius 1 is 1.44 bits per heavy atom. The quantitative estimate of drug-likeness (QED) is 0.791. The smallest absolute Gasteiger partial charge is 0.106 e. The van der Waals surface area contributed by atoms with Crippen LogP contribution in [-0.4, -0.2) is 11.0 Å². The van der Waals surface area contributed by atoms with Crippen LogP contribution in [0, 0.1) is 0 Å². The first kappa shape index (κ1) is 13.3.